The molecule has 0 bridgehead atoms. The molecule has 194 valence electrons. The SMILES string of the molecule is C=CC1=CC[C@H]2C(=O)N(Nc3ccc(C)cc3)C(=O)[C@@]2(c2ccccc2)[C@H]1c1c(O)cc(OC)cc1OC. The first-order chi connectivity index (χ1) is 18.4. The van der Waals surface area contributed by atoms with E-state index >= 15 is 0 Å². The van der Waals surface area contributed by atoms with Gasteiger partial charge >= 0.3 is 0 Å². The molecule has 3 atom stereocenters. The van der Waals surface area contributed by atoms with Crippen molar-refractivity contribution in [2.24, 2.45) is 5.92 Å². The first-order valence-corrected chi connectivity index (χ1v) is 12.4. The van der Waals surface area contributed by atoms with Crippen LogP contribution in [0, 0.1) is 12.8 Å². The predicted octanol–water partition coefficient (Wildman–Crippen LogP) is 5.27. The Morgan fingerprint density at radius 1 is 1.05 bits per heavy atom. The Labute approximate surface area is 222 Å². The second-order valence-corrected chi connectivity index (χ2v) is 9.58. The van der Waals surface area contributed by atoms with Crippen molar-refractivity contribution in [1.29, 1.82) is 0 Å². The highest BCUT2D eigenvalue weighted by atomic mass is 16.5. The third kappa shape index (κ3) is 3.74. The minimum Gasteiger partial charge on any atom is -0.507 e. The summed E-state index contributed by atoms with van der Waals surface area (Å²) in [6.07, 6.45) is 3.94. The van der Waals surface area contributed by atoms with Gasteiger partial charge in [-0.15, -0.1) is 0 Å². The van der Waals surface area contributed by atoms with Gasteiger partial charge in [-0.2, -0.15) is 5.01 Å². The molecule has 2 amide bonds. The highest BCUT2D eigenvalue weighted by Crippen LogP contribution is 2.60. The first-order valence-electron chi connectivity index (χ1n) is 12.4. The molecule has 7 heteroatoms. The van der Waals surface area contributed by atoms with E-state index in [2.05, 4.69) is 12.0 Å². The molecule has 0 spiro atoms. The highest BCUT2D eigenvalue weighted by Gasteiger charge is 2.66. The summed E-state index contributed by atoms with van der Waals surface area (Å²) in [6, 6.07) is 19.9. The number of phenols is 1. The predicted molar refractivity (Wildman–Crippen MR) is 145 cm³/mol. The quantitative estimate of drug-likeness (QED) is 0.421. The summed E-state index contributed by atoms with van der Waals surface area (Å²) >= 11 is 0. The Bertz CT molecular complexity index is 1430. The molecule has 7 nitrogen and oxygen atoms in total. The number of benzene rings is 3. The topological polar surface area (TPSA) is 88.1 Å². The van der Waals surface area contributed by atoms with Crippen LogP contribution in [0.5, 0.6) is 17.2 Å². The molecule has 1 aliphatic carbocycles. The molecule has 1 aliphatic heterocycles. The summed E-state index contributed by atoms with van der Waals surface area (Å²) in [4.78, 5) is 28.6. The number of fused-ring (bicyclic) bond motifs is 1. The molecule has 2 N–H and O–H groups in total. The number of rotatable bonds is 7. The molecular weight excluding hydrogens is 480 g/mol. The number of carbonyl (C=O) groups is 2. The highest BCUT2D eigenvalue weighted by molar-refractivity contribution is 6.13. The van der Waals surface area contributed by atoms with Crippen molar-refractivity contribution in [1.82, 2.24) is 5.01 Å². The number of allylic oxidation sites excluding steroid dienone is 3. The fourth-order valence-corrected chi connectivity index (χ4v) is 5.86. The molecule has 0 radical (unpaired) electrons. The Kier molecular flexibility index (Phi) is 6.45. The lowest BCUT2D eigenvalue weighted by molar-refractivity contribution is -0.138. The molecule has 0 unspecified atom stereocenters. The van der Waals surface area contributed by atoms with Crippen LogP contribution in [-0.4, -0.2) is 36.1 Å². The number of imide groups is 1. The summed E-state index contributed by atoms with van der Waals surface area (Å²) in [5, 5.41) is 12.4. The van der Waals surface area contributed by atoms with Crippen LogP contribution < -0.4 is 14.9 Å². The van der Waals surface area contributed by atoms with Crippen LogP contribution in [0.4, 0.5) is 5.69 Å². The maximum atomic E-state index is 14.7. The zero-order chi connectivity index (χ0) is 27.0. The number of nitrogens with zero attached hydrogens (tertiary/aromatic N) is 1. The summed E-state index contributed by atoms with van der Waals surface area (Å²) < 4.78 is 11.1. The first kappa shape index (κ1) is 25.1. The number of nitrogens with one attached hydrogen (secondary N) is 1. The van der Waals surface area contributed by atoms with Crippen molar-refractivity contribution in [3.8, 4) is 17.2 Å². The fraction of sp³-hybridized carbons (Fsp3) is 0.226. The van der Waals surface area contributed by atoms with Gasteiger partial charge in [0, 0.05) is 23.6 Å². The molecule has 0 aromatic heterocycles. The standard InChI is InChI=1S/C31H30N2O5/c1-5-20-13-16-24-29(35)33(32-22-14-11-19(2)12-15-22)30(36)31(24,21-9-7-6-8-10-21)28(20)27-25(34)17-23(37-3)18-26(27)38-4/h5-15,17-18,24,28,32,34H,1,16H2,2-4H3/t24-,28+,31+/m0/s1. The van der Waals surface area contributed by atoms with Gasteiger partial charge in [0.05, 0.1) is 31.2 Å². The largest absolute Gasteiger partial charge is 0.507 e. The lowest BCUT2D eigenvalue weighted by atomic mass is 9.55. The summed E-state index contributed by atoms with van der Waals surface area (Å²) in [6.45, 7) is 5.99. The third-order valence-electron chi connectivity index (χ3n) is 7.62. The molecule has 5 rings (SSSR count). The zero-order valence-corrected chi connectivity index (χ0v) is 21.6. The molecule has 38 heavy (non-hydrogen) atoms. The number of amides is 2. The van der Waals surface area contributed by atoms with Crippen molar-refractivity contribution in [3.63, 3.8) is 0 Å². The molecule has 2 aliphatic rings. The van der Waals surface area contributed by atoms with Gasteiger partial charge in [-0.25, -0.2) is 0 Å². The number of anilines is 1. The van der Waals surface area contributed by atoms with E-state index in [1.165, 1.54) is 20.3 Å². The van der Waals surface area contributed by atoms with E-state index in [0.717, 1.165) is 16.1 Å². The molecular formula is C31H30N2O5. The summed E-state index contributed by atoms with van der Waals surface area (Å²) in [5.74, 6) is -1.58. The molecule has 3 aromatic rings. The van der Waals surface area contributed by atoms with Gasteiger partial charge in [0.1, 0.15) is 17.2 Å². The van der Waals surface area contributed by atoms with E-state index in [-0.39, 0.29) is 11.7 Å². The van der Waals surface area contributed by atoms with Gasteiger partial charge < -0.3 is 14.6 Å². The fourth-order valence-electron chi connectivity index (χ4n) is 5.86. The van der Waals surface area contributed by atoms with Gasteiger partial charge in [-0.3, -0.25) is 15.0 Å². The van der Waals surface area contributed by atoms with Crippen molar-refractivity contribution in [3.05, 3.63) is 108 Å². The minimum atomic E-state index is -1.37. The van der Waals surface area contributed by atoms with E-state index in [0.29, 0.717) is 34.7 Å². The smallest absolute Gasteiger partial charge is 0.260 e. The summed E-state index contributed by atoms with van der Waals surface area (Å²) in [7, 11) is 3.00. The monoisotopic (exact) mass is 510 g/mol. The number of hydrazine groups is 1. The Morgan fingerprint density at radius 2 is 1.76 bits per heavy atom. The van der Waals surface area contributed by atoms with Gasteiger partial charge in [0.15, 0.2) is 0 Å². The van der Waals surface area contributed by atoms with Gasteiger partial charge in [0.2, 0.25) is 0 Å². The van der Waals surface area contributed by atoms with E-state index in [4.69, 9.17) is 9.47 Å². The van der Waals surface area contributed by atoms with Gasteiger partial charge in [0.25, 0.3) is 11.8 Å². The van der Waals surface area contributed by atoms with Gasteiger partial charge in [-0.05, 0) is 36.6 Å². The molecule has 1 fully saturated rings. The third-order valence-corrected chi connectivity index (χ3v) is 7.62. The van der Waals surface area contributed by atoms with Crippen LogP contribution in [0.15, 0.2) is 91.0 Å². The number of aryl methyl sites for hydroxylation is 1. The molecule has 1 heterocycles. The number of carbonyl (C=O) groups excluding carboxylic acids is 2. The minimum absolute atomic E-state index is 0.0971. The van der Waals surface area contributed by atoms with Crippen LogP contribution in [0.2, 0.25) is 0 Å². The number of ether oxygens (including phenoxy) is 2. The number of phenolic OH excluding ortho intramolecular Hbond substituents is 1. The van der Waals surface area contributed by atoms with E-state index in [9.17, 15) is 14.7 Å². The average Bonchev–Trinajstić information content (AvgIpc) is 3.16. The number of aromatic hydroxyl groups is 1. The lowest BCUT2D eigenvalue weighted by Gasteiger charge is -2.43. The van der Waals surface area contributed by atoms with Crippen molar-refractivity contribution in [2.75, 3.05) is 19.6 Å². The Balaban J connectivity index is 1.77. The number of hydrogen-bond acceptors (Lipinski definition) is 6. The lowest BCUT2D eigenvalue weighted by Crippen LogP contribution is -2.48. The van der Waals surface area contributed by atoms with Crippen LogP contribution in [0.3, 0.4) is 0 Å². The average molecular weight is 511 g/mol. The van der Waals surface area contributed by atoms with Crippen LogP contribution in [0.1, 0.15) is 29.0 Å². The van der Waals surface area contributed by atoms with Crippen molar-refractivity contribution < 1.29 is 24.2 Å². The van der Waals surface area contributed by atoms with Crippen LogP contribution in [0.25, 0.3) is 0 Å². The number of hydrogen-bond donors (Lipinski definition) is 2. The van der Waals surface area contributed by atoms with E-state index in [1.54, 1.807) is 12.1 Å². The second kappa shape index (κ2) is 9.74. The van der Waals surface area contributed by atoms with Crippen molar-refractivity contribution >= 4 is 17.5 Å². The molecule has 0 saturated carbocycles. The summed E-state index contributed by atoms with van der Waals surface area (Å²) in [5.41, 5.74) is 5.16. The van der Waals surface area contributed by atoms with E-state index in [1.807, 2.05) is 67.6 Å². The second-order valence-electron chi connectivity index (χ2n) is 9.58. The molecule has 3 aromatic carbocycles. The van der Waals surface area contributed by atoms with Gasteiger partial charge in [-0.1, -0.05) is 66.8 Å². The molecule has 1 saturated heterocycles. The van der Waals surface area contributed by atoms with Crippen molar-refractivity contribution in [2.45, 2.75) is 24.7 Å². The van der Waals surface area contributed by atoms with Crippen LogP contribution >= 0.6 is 0 Å². The van der Waals surface area contributed by atoms with E-state index < -0.39 is 23.2 Å². The van der Waals surface area contributed by atoms with Crippen LogP contribution in [-0.2, 0) is 15.0 Å². The maximum Gasteiger partial charge on any atom is 0.260 e. The normalized spacial score (nSPS) is 22.5. The number of methoxy groups -OCH3 is 2. The Hall–Kier alpha value is -4.52. The zero-order valence-electron chi connectivity index (χ0n) is 21.6. The maximum absolute atomic E-state index is 14.7. The Morgan fingerprint density at radius 3 is 2.39 bits per heavy atom.